The summed E-state index contributed by atoms with van der Waals surface area (Å²) in [7, 11) is 0. The van der Waals surface area contributed by atoms with Gasteiger partial charge in [-0.15, -0.1) is 0 Å². The third-order valence-corrected chi connectivity index (χ3v) is 4.74. The van der Waals surface area contributed by atoms with Crippen molar-refractivity contribution in [2.24, 2.45) is 5.10 Å². The molecule has 0 bridgehead atoms. The first-order valence-electron chi connectivity index (χ1n) is 8.13. The third-order valence-electron chi connectivity index (χ3n) is 3.83. The number of rotatable bonds is 5. The van der Waals surface area contributed by atoms with Gasteiger partial charge < -0.3 is 5.11 Å². The molecule has 0 saturated carbocycles. The summed E-state index contributed by atoms with van der Waals surface area (Å²) in [5.41, 5.74) is 6.27. The Kier molecular flexibility index (Phi) is 5.53. The standard InChI is InChI=1S/C20H19N3O2S/c1-13-7-8-17-16(9-13)14(2)10-20(22-17)26-12-19(25)23-21-11-15-5-3-4-6-18(15)24/h3-11,24H,12H2,1-2H3,(H,23,25). The molecule has 132 valence electrons. The Hall–Kier alpha value is -2.86. The van der Waals surface area contributed by atoms with Crippen molar-refractivity contribution in [1.29, 1.82) is 0 Å². The Bertz CT molecular complexity index is 986. The molecule has 6 heteroatoms. The van der Waals surface area contributed by atoms with E-state index < -0.39 is 0 Å². The molecule has 0 atom stereocenters. The number of carbonyl (C=O) groups is 1. The lowest BCUT2D eigenvalue weighted by molar-refractivity contribution is -0.118. The summed E-state index contributed by atoms with van der Waals surface area (Å²) in [4.78, 5) is 16.5. The normalized spacial score (nSPS) is 11.2. The smallest absolute Gasteiger partial charge is 0.250 e. The van der Waals surface area contributed by atoms with Crippen molar-refractivity contribution in [2.45, 2.75) is 18.9 Å². The van der Waals surface area contributed by atoms with E-state index in [1.807, 2.05) is 25.1 Å². The van der Waals surface area contributed by atoms with E-state index >= 15 is 0 Å². The fourth-order valence-electron chi connectivity index (χ4n) is 2.49. The van der Waals surface area contributed by atoms with E-state index in [9.17, 15) is 9.90 Å². The number of pyridine rings is 1. The number of hydrogen-bond acceptors (Lipinski definition) is 5. The van der Waals surface area contributed by atoms with Crippen molar-refractivity contribution in [1.82, 2.24) is 10.4 Å². The number of aromatic hydroxyl groups is 1. The zero-order valence-corrected chi connectivity index (χ0v) is 15.4. The van der Waals surface area contributed by atoms with Gasteiger partial charge in [-0.1, -0.05) is 35.5 Å². The summed E-state index contributed by atoms with van der Waals surface area (Å²) in [6.07, 6.45) is 1.42. The summed E-state index contributed by atoms with van der Waals surface area (Å²) in [5, 5.41) is 15.4. The first-order chi connectivity index (χ1) is 12.5. The van der Waals surface area contributed by atoms with Crippen LogP contribution in [-0.4, -0.2) is 28.0 Å². The molecule has 0 spiro atoms. The third kappa shape index (κ3) is 4.40. The number of benzene rings is 2. The van der Waals surface area contributed by atoms with Gasteiger partial charge in [0, 0.05) is 10.9 Å². The fraction of sp³-hybridized carbons (Fsp3) is 0.150. The lowest BCUT2D eigenvalue weighted by atomic mass is 10.1. The molecule has 0 radical (unpaired) electrons. The molecular formula is C20H19N3O2S. The van der Waals surface area contributed by atoms with Gasteiger partial charge in [-0.3, -0.25) is 4.79 Å². The van der Waals surface area contributed by atoms with Crippen LogP contribution >= 0.6 is 11.8 Å². The van der Waals surface area contributed by atoms with E-state index in [2.05, 4.69) is 28.5 Å². The van der Waals surface area contributed by atoms with E-state index in [0.717, 1.165) is 21.5 Å². The molecule has 0 aliphatic rings. The Morgan fingerprint density at radius 1 is 1.23 bits per heavy atom. The minimum Gasteiger partial charge on any atom is -0.507 e. The molecule has 0 saturated heterocycles. The van der Waals surface area contributed by atoms with Gasteiger partial charge in [0.15, 0.2) is 0 Å². The average Bonchev–Trinajstić information content (AvgIpc) is 2.62. The largest absolute Gasteiger partial charge is 0.507 e. The molecule has 3 aromatic rings. The maximum atomic E-state index is 11.9. The number of amides is 1. The second-order valence-electron chi connectivity index (χ2n) is 5.94. The van der Waals surface area contributed by atoms with Gasteiger partial charge in [-0.2, -0.15) is 5.10 Å². The van der Waals surface area contributed by atoms with Crippen LogP contribution in [0.4, 0.5) is 0 Å². The van der Waals surface area contributed by atoms with E-state index in [4.69, 9.17) is 0 Å². The minimum atomic E-state index is -0.231. The number of para-hydroxylation sites is 1. The summed E-state index contributed by atoms with van der Waals surface area (Å²) < 4.78 is 0. The van der Waals surface area contributed by atoms with E-state index in [1.54, 1.807) is 24.3 Å². The zero-order valence-electron chi connectivity index (χ0n) is 14.6. The predicted molar refractivity (Wildman–Crippen MR) is 106 cm³/mol. The van der Waals surface area contributed by atoms with Crippen LogP contribution in [0.2, 0.25) is 0 Å². The average molecular weight is 365 g/mol. The topological polar surface area (TPSA) is 74.6 Å². The molecule has 0 unspecified atom stereocenters. The van der Waals surface area contributed by atoms with Crippen LogP contribution < -0.4 is 5.43 Å². The molecular weight excluding hydrogens is 346 g/mol. The van der Waals surface area contributed by atoms with Crippen molar-refractivity contribution in [3.8, 4) is 5.75 Å². The van der Waals surface area contributed by atoms with Gasteiger partial charge in [0.1, 0.15) is 5.75 Å². The maximum absolute atomic E-state index is 11.9. The molecule has 0 aliphatic heterocycles. The van der Waals surface area contributed by atoms with Crippen LogP contribution in [0, 0.1) is 13.8 Å². The molecule has 26 heavy (non-hydrogen) atoms. The number of hydrazone groups is 1. The number of nitrogens with one attached hydrogen (secondary N) is 1. The summed E-state index contributed by atoms with van der Waals surface area (Å²) in [6.45, 7) is 4.10. The number of aromatic nitrogens is 1. The highest BCUT2D eigenvalue weighted by atomic mass is 32.2. The van der Waals surface area contributed by atoms with Crippen molar-refractivity contribution >= 4 is 34.8 Å². The zero-order chi connectivity index (χ0) is 18.5. The fourth-order valence-corrected chi connectivity index (χ4v) is 3.26. The maximum Gasteiger partial charge on any atom is 0.250 e. The molecule has 2 N–H and O–H groups in total. The molecule has 0 fully saturated rings. The Labute approximate surface area is 156 Å². The second-order valence-corrected chi connectivity index (χ2v) is 6.93. The lowest BCUT2D eigenvalue weighted by Crippen LogP contribution is -2.19. The number of fused-ring (bicyclic) bond motifs is 1. The number of carbonyl (C=O) groups excluding carboxylic acids is 1. The molecule has 1 heterocycles. The first-order valence-corrected chi connectivity index (χ1v) is 9.12. The van der Waals surface area contributed by atoms with Crippen LogP contribution in [0.3, 0.4) is 0 Å². The van der Waals surface area contributed by atoms with Crippen molar-refractivity contribution in [2.75, 3.05) is 5.75 Å². The van der Waals surface area contributed by atoms with E-state index in [0.29, 0.717) is 5.56 Å². The molecule has 5 nitrogen and oxygen atoms in total. The summed E-state index contributed by atoms with van der Waals surface area (Å²) in [5.74, 6) is 0.0955. The first kappa shape index (κ1) is 17.9. The van der Waals surface area contributed by atoms with Crippen molar-refractivity contribution in [3.63, 3.8) is 0 Å². The molecule has 2 aromatic carbocycles. The van der Waals surface area contributed by atoms with Crippen LogP contribution in [0.15, 0.2) is 58.7 Å². The lowest BCUT2D eigenvalue weighted by Gasteiger charge is -2.07. The second kappa shape index (κ2) is 8.01. The highest BCUT2D eigenvalue weighted by Crippen LogP contribution is 2.24. The predicted octanol–water partition coefficient (Wildman–Crippen LogP) is 3.80. The van der Waals surface area contributed by atoms with Crippen LogP contribution in [0.5, 0.6) is 5.75 Å². The van der Waals surface area contributed by atoms with Gasteiger partial charge in [-0.05, 0) is 49.7 Å². The number of thioether (sulfide) groups is 1. The van der Waals surface area contributed by atoms with Crippen LogP contribution in [0.25, 0.3) is 10.9 Å². The Morgan fingerprint density at radius 2 is 2.04 bits per heavy atom. The van der Waals surface area contributed by atoms with E-state index in [1.165, 1.54) is 23.5 Å². The Morgan fingerprint density at radius 3 is 2.85 bits per heavy atom. The minimum absolute atomic E-state index is 0.117. The monoisotopic (exact) mass is 365 g/mol. The van der Waals surface area contributed by atoms with Gasteiger partial charge in [0.05, 0.1) is 22.5 Å². The van der Waals surface area contributed by atoms with Crippen molar-refractivity contribution in [3.05, 3.63) is 65.2 Å². The summed E-state index contributed by atoms with van der Waals surface area (Å²) in [6, 6.07) is 14.9. The van der Waals surface area contributed by atoms with Gasteiger partial charge in [0.2, 0.25) is 5.91 Å². The van der Waals surface area contributed by atoms with Gasteiger partial charge in [-0.25, -0.2) is 10.4 Å². The molecule has 1 amide bonds. The van der Waals surface area contributed by atoms with Crippen molar-refractivity contribution < 1.29 is 9.90 Å². The van der Waals surface area contributed by atoms with Crippen LogP contribution in [0.1, 0.15) is 16.7 Å². The molecule has 0 aliphatic carbocycles. The number of aryl methyl sites for hydroxylation is 2. The Balaban J connectivity index is 1.60. The number of nitrogens with zero attached hydrogens (tertiary/aromatic N) is 2. The molecule has 1 aromatic heterocycles. The number of phenolic OH excluding ortho intramolecular Hbond substituents is 1. The van der Waals surface area contributed by atoms with Crippen LogP contribution in [-0.2, 0) is 4.79 Å². The van der Waals surface area contributed by atoms with Gasteiger partial charge in [0.25, 0.3) is 0 Å². The highest BCUT2D eigenvalue weighted by Gasteiger charge is 2.07. The highest BCUT2D eigenvalue weighted by molar-refractivity contribution is 7.99. The number of phenols is 1. The SMILES string of the molecule is Cc1ccc2nc(SCC(=O)NN=Cc3ccccc3O)cc(C)c2c1. The molecule has 3 rings (SSSR count). The quantitative estimate of drug-likeness (QED) is 0.410. The van der Waals surface area contributed by atoms with E-state index in [-0.39, 0.29) is 17.4 Å². The number of hydrogen-bond donors (Lipinski definition) is 2. The summed E-state index contributed by atoms with van der Waals surface area (Å²) >= 11 is 1.36. The van der Waals surface area contributed by atoms with Gasteiger partial charge >= 0.3 is 0 Å².